The molecule has 2 heterocycles. The van der Waals surface area contributed by atoms with Crippen LogP contribution in [0.1, 0.15) is 0 Å². The van der Waals surface area contributed by atoms with E-state index in [0.29, 0.717) is 5.88 Å². The number of halogens is 1. The van der Waals surface area contributed by atoms with E-state index in [1.807, 2.05) is 29.4 Å². The van der Waals surface area contributed by atoms with Gasteiger partial charge in [-0.2, -0.15) is 0 Å². The van der Waals surface area contributed by atoms with E-state index in [2.05, 4.69) is 26.2 Å². The van der Waals surface area contributed by atoms with Crippen molar-refractivity contribution in [2.45, 2.75) is 0 Å². The molecule has 1 aromatic heterocycles. The first kappa shape index (κ1) is 9.33. The van der Waals surface area contributed by atoms with Gasteiger partial charge in [0.2, 0.25) is 5.88 Å². The molecule has 4 nitrogen and oxygen atoms in total. The molecule has 0 atom stereocenters. The summed E-state index contributed by atoms with van der Waals surface area (Å²) in [5.41, 5.74) is 0.956. The Balaban J connectivity index is 2.36. The zero-order valence-corrected chi connectivity index (χ0v) is 9.28. The summed E-state index contributed by atoms with van der Waals surface area (Å²) in [5.74, 6) is 0.618. The van der Waals surface area contributed by atoms with Crippen molar-refractivity contribution < 1.29 is 4.74 Å². The average molecular weight is 256 g/mol. The third-order valence-corrected chi connectivity index (χ3v) is 2.38. The first-order chi connectivity index (χ1) is 6.81. The number of ether oxygens (including phenoxy) is 1. The van der Waals surface area contributed by atoms with Crippen molar-refractivity contribution in [1.29, 1.82) is 0 Å². The minimum absolute atomic E-state index is 0.618. The largest absolute Gasteiger partial charge is 0.479 e. The monoisotopic (exact) mass is 255 g/mol. The number of hydrogen-bond donors (Lipinski definition) is 1. The van der Waals surface area contributed by atoms with Crippen molar-refractivity contribution in [3.05, 3.63) is 29.1 Å². The van der Waals surface area contributed by atoms with Crippen molar-refractivity contribution in [3.63, 3.8) is 0 Å². The van der Waals surface area contributed by atoms with E-state index in [1.165, 1.54) is 0 Å². The average Bonchev–Trinajstić information content (AvgIpc) is 2.70. The molecule has 2 rings (SSSR count). The predicted molar refractivity (Wildman–Crippen MR) is 58.1 cm³/mol. The first-order valence-electron chi connectivity index (χ1n) is 4.18. The second-order valence-electron chi connectivity index (χ2n) is 2.81. The van der Waals surface area contributed by atoms with Crippen molar-refractivity contribution in [1.82, 2.24) is 10.3 Å². The zero-order valence-electron chi connectivity index (χ0n) is 7.70. The van der Waals surface area contributed by atoms with Gasteiger partial charge in [-0.3, -0.25) is 0 Å². The highest BCUT2D eigenvalue weighted by atomic mass is 79.9. The lowest BCUT2D eigenvalue weighted by atomic mass is 10.4. The number of nitrogens with zero attached hydrogens (tertiary/aromatic N) is 2. The Morgan fingerprint density at radius 2 is 2.43 bits per heavy atom. The zero-order chi connectivity index (χ0) is 9.97. The molecule has 0 aromatic carbocycles. The summed E-state index contributed by atoms with van der Waals surface area (Å²) in [6.07, 6.45) is 3.84. The fourth-order valence-corrected chi connectivity index (χ4v) is 1.58. The van der Waals surface area contributed by atoms with Gasteiger partial charge in [-0.1, -0.05) is 0 Å². The topological polar surface area (TPSA) is 37.4 Å². The summed E-state index contributed by atoms with van der Waals surface area (Å²) in [6, 6.07) is 3.86. The van der Waals surface area contributed by atoms with Crippen LogP contribution in [0.25, 0.3) is 0 Å². The molecule has 1 N–H and O–H groups in total. The fourth-order valence-electron chi connectivity index (χ4n) is 1.29. The molecule has 0 bridgehead atoms. The number of aromatic nitrogens is 1. The van der Waals surface area contributed by atoms with Gasteiger partial charge in [0.15, 0.2) is 0 Å². The molecule has 0 unspecified atom stereocenters. The third-order valence-electron chi connectivity index (χ3n) is 1.94. The lowest BCUT2D eigenvalue weighted by molar-refractivity contribution is 0.397. The Labute approximate surface area is 90.7 Å². The molecular weight excluding hydrogens is 246 g/mol. The van der Waals surface area contributed by atoms with Crippen molar-refractivity contribution in [2.24, 2.45) is 0 Å². The summed E-state index contributed by atoms with van der Waals surface area (Å²) in [7, 11) is 1.62. The van der Waals surface area contributed by atoms with E-state index in [-0.39, 0.29) is 0 Å². The second-order valence-corrected chi connectivity index (χ2v) is 3.62. The first-order valence-corrected chi connectivity index (χ1v) is 4.98. The Morgan fingerprint density at radius 3 is 3.07 bits per heavy atom. The van der Waals surface area contributed by atoms with Crippen molar-refractivity contribution in [2.75, 3.05) is 18.7 Å². The summed E-state index contributed by atoms with van der Waals surface area (Å²) in [6.45, 7) is 0.750. The highest BCUT2D eigenvalue weighted by Gasteiger charge is 2.13. The molecule has 74 valence electrons. The minimum Gasteiger partial charge on any atom is -0.479 e. The van der Waals surface area contributed by atoms with Gasteiger partial charge >= 0.3 is 0 Å². The highest BCUT2D eigenvalue weighted by molar-refractivity contribution is 9.10. The number of hydrogen-bond acceptors (Lipinski definition) is 4. The molecule has 0 radical (unpaired) electrons. The lowest BCUT2D eigenvalue weighted by Gasteiger charge is -2.17. The number of methoxy groups -OCH3 is 1. The van der Waals surface area contributed by atoms with Crippen molar-refractivity contribution >= 4 is 21.6 Å². The Bertz CT molecular complexity index is 367. The third kappa shape index (κ3) is 1.68. The summed E-state index contributed by atoms with van der Waals surface area (Å²) in [4.78, 5) is 6.25. The van der Waals surface area contributed by atoms with Crippen LogP contribution in [0.5, 0.6) is 5.88 Å². The van der Waals surface area contributed by atoms with Gasteiger partial charge < -0.3 is 15.0 Å². The maximum atomic E-state index is 5.19. The van der Waals surface area contributed by atoms with E-state index in [1.54, 1.807) is 7.11 Å². The summed E-state index contributed by atoms with van der Waals surface area (Å²) >= 11 is 3.30. The quantitative estimate of drug-likeness (QED) is 0.817. The Morgan fingerprint density at radius 1 is 1.57 bits per heavy atom. The van der Waals surface area contributed by atoms with Gasteiger partial charge in [-0.15, -0.1) is 0 Å². The van der Waals surface area contributed by atoms with Crippen LogP contribution in [0.15, 0.2) is 29.1 Å². The van der Waals surface area contributed by atoms with E-state index in [4.69, 9.17) is 4.74 Å². The van der Waals surface area contributed by atoms with E-state index in [0.717, 1.165) is 17.0 Å². The van der Waals surface area contributed by atoms with Gasteiger partial charge in [0.1, 0.15) is 10.3 Å². The molecule has 1 aromatic rings. The van der Waals surface area contributed by atoms with Crippen LogP contribution < -0.4 is 15.0 Å². The van der Waals surface area contributed by atoms with Crippen LogP contribution in [-0.2, 0) is 0 Å². The smallest absolute Gasteiger partial charge is 0.238 e. The number of nitrogens with one attached hydrogen (secondary N) is 1. The molecule has 0 aliphatic carbocycles. The maximum Gasteiger partial charge on any atom is 0.238 e. The SMILES string of the molecule is COc1nc(Br)ccc1N1C=CNC1. The van der Waals surface area contributed by atoms with Crippen molar-refractivity contribution in [3.8, 4) is 5.88 Å². The van der Waals surface area contributed by atoms with Gasteiger partial charge in [0.25, 0.3) is 0 Å². The summed E-state index contributed by atoms with van der Waals surface area (Å²) < 4.78 is 5.97. The predicted octanol–water partition coefficient (Wildman–Crippen LogP) is 1.69. The molecule has 0 saturated heterocycles. The number of rotatable bonds is 2. The van der Waals surface area contributed by atoms with Crippen LogP contribution in [0, 0.1) is 0 Å². The highest BCUT2D eigenvalue weighted by Crippen LogP contribution is 2.28. The fraction of sp³-hybridized carbons (Fsp3) is 0.222. The van der Waals surface area contributed by atoms with Gasteiger partial charge in [0.05, 0.1) is 13.8 Å². The van der Waals surface area contributed by atoms with Gasteiger partial charge in [-0.25, -0.2) is 4.98 Å². The number of anilines is 1. The second kappa shape index (κ2) is 3.88. The molecule has 5 heteroatoms. The molecule has 14 heavy (non-hydrogen) atoms. The molecule has 0 spiro atoms. The van der Waals surface area contributed by atoms with E-state index >= 15 is 0 Å². The van der Waals surface area contributed by atoms with Crippen LogP contribution >= 0.6 is 15.9 Å². The van der Waals surface area contributed by atoms with Crippen LogP contribution in [0.2, 0.25) is 0 Å². The Hall–Kier alpha value is -1.23. The van der Waals surface area contributed by atoms with Crippen LogP contribution in [-0.4, -0.2) is 18.8 Å². The maximum absolute atomic E-state index is 5.19. The molecule has 0 saturated carbocycles. The summed E-state index contributed by atoms with van der Waals surface area (Å²) in [5, 5.41) is 3.09. The van der Waals surface area contributed by atoms with Crippen LogP contribution in [0.3, 0.4) is 0 Å². The molecule has 0 fully saturated rings. The minimum atomic E-state index is 0.618. The van der Waals surface area contributed by atoms with Crippen LogP contribution in [0.4, 0.5) is 5.69 Å². The molecular formula is C9H10BrN3O. The normalized spacial score (nSPS) is 14.3. The number of pyridine rings is 1. The lowest BCUT2D eigenvalue weighted by Crippen LogP contribution is -2.20. The van der Waals surface area contributed by atoms with E-state index < -0.39 is 0 Å². The molecule has 1 aliphatic rings. The Kier molecular flexibility index (Phi) is 2.58. The standard InChI is InChI=1S/C9H10BrN3O/c1-14-9-7(2-3-8(10)12-9)13-5-4-11-6-13/h2-5,11H,6H2,1H3. The van der Waals surface area contributed by atoms with Gasteiger partial charge in [0, 0.05) is 12.4 Å². The molecule has 0 amide bonds. The van der Waals surface area contributed by atoms with E-state index in [9.17, 15) is 0 Å². The van der Waals surface area contributed by atoms with Gasteiger partial charge in [-0.05, 0) is 28.1 Å². The molecule has 1 aliphatic heterocycles.